The quantitative estimate of drug-likeness (QED) is 0.765. The molecule has 0 bridgehead atoms. The van der Waals surface area contributed by atoms with Crippen molar-refractivity contribution in [1.29, 1.82) is 0 Å². The number of rotatable bonds is 3. The molecule has 0 spiro atoms. The Morgan fingerprint density at radius 2 is 2.00 bits per heavy atom. The summed E-state index contributed by atoms with van der Waals surface area (Å²) in [7, 11) is 3.84. The minimum atomic E-state index is 0.0314. The molecule has 0 radical (unpaired) electrons. The number of carbonyl (C=O) groups is 1. The van der Waals surface area contributed by atoms with Crippen LogP contribution in [0.15, 0.2) is 42.6 Å². The second-order valence-electron chi connectivity index (χ2n) is 7.77. The van der Waals surface area contributed by atoms with Crippen molar-refractivity contribution in [1.82, 2.24) is 14.9 Å². The second kappa shape index (κ2) is 6.72. The lowest BCUT2D eigenvalue weighted by atomic mass is 9.90. The highest BCUT2D eigenvalue weighted by Gasteiger charge is 2.36. The number of hydrogen-bond donors (Lipinski definition) is 1. The van der Waals surface area contributed by atoms with Gasteiger partial charge in [0.15, 0.2) is 0 Å². The van der Waals surface area contributed by atoms with E-state index in [0.29, 0.717) is 17.3 Å². The third kappa shape index (κ3) is 2.87. The molecule has 0 saturated heterocycles. The monoisotopic (exact) mass is 362 g/mol. The number of para-hydroxylation sites is 1. The van der Waals surface area contributed by atoms with E-state index in [1.165, 1.54) is 16.6 Å². The van der Waals surface area contributed by atoms with E-state index in [0.717, 1.165) is 18.5 Å². The van der Waals surface area contributed by atoms with E-state index in [2.05, 4.69) is 48.1 Å². The van der Waals surface area contributed by atoms with Crippen molar-refractivity contribution in [2.24, 2.45) is 5.92 Å². The van der Waals surface area contributed by atoms with Gasteiger partial charge >= 0.3 is 0 Å². The summed E-state index contributed by atoms with van der Waals surface area (Å²) < 4.78 is 0. The van der Waals surface area contributed by atoms with Crippen molar-refractivity contribution in [3.8, 4) is 0 Å². The fourth-order valence-electron chi connectivity index (χ4n) is 4.27. The van der Waals surface area contributed by atoms with E-state index in [-0.39, 0.29) is 11.9 Å². The van der Waals surface area contributed by atoms with Gasteiger partial charge in [-0.15, -0.1) is 0 Å². The van der Waals surface area contributed by atoms with E-state index in [1.54, 1.807) is 6.20 Å². The molecule has 0 unspecified atom stereocenters. The maximum Gasteiger partial charge on any atom is 0.258 e. The van der Waals surface area contributed by atoms with Crippen LogP contribution >= 0.6 is 0 Å². The van der Waals surface area contributed by atoms with E-state index in [4.69, 9.17) is 0 Å². The first-order chi connectivity index (χ1) is 13.0. The number of benzene rings is 1. The number of fused-ring (bicyclic) bond motifs is 3. The summed E-state index contributed by atoms with van der Waals surface area (Å²) in [6, 6.07) is 12.2. The maximum absolute atomic E-state index is 13.5. The molecule has 1 atom stereocenters. The average Bonchev–Trinajstić information content (AvgIpc) is 3.05. The number of hydrogen-bond acceptors (Lipinski definition) is 3. The van der Waals surface area contributed by atoms with Gasteiger partial charge in [0.2, 0.25) is 0 Å². The van der Waals surface area contributed by atoms with Crippen molar-refractivity contribution in [3.63, 3.8) is 0 Å². The number of carbonyl (C=O) groups excluding carboxylic acids is 1. The zero-order valence-electron chi connectivity index (χ0n) is 16.4. The third-order valence-corrected chi connectivity index (χ3v) is 5.41. The van der Waals surface area contributed by atoms with Gasteiger partial charge in [-0.25, -0.2) is 4.98 Å². The van der Waals surface area contributed by atoms with Gasteiger partial charge < -0.3 is 14.8 Å². The molecule has 0 saturated carbocycles. The van der Waals surface area contributed by atoms with Crippen LogP contribution in [0, 0.1) is 5.92 Å². The van der Waals surface area contributed by atoms with Gasteiger partial charge in [0, 0.05) is 43.4 Å². The normalized spacial score (nSPS) is 16.6. The Labute approximate surface area is 160 Å². The van der Waals surface area contributed by atoms with Crippen LogP contribution in [-0.2, 0) is 6.42 Å². The summed E-state index contributed by atoms with van der Waals surface area (Å²) in [6.07, 6.45) is 2.60. The molecule has 0 aliphatic carbocycles. The standard InChI is InChI=1S/C22H26N4O/c1-14(2)20-19-16(15-8-5-6-10-18(15)24-19)11-13-26(20)22(27)17-9-7-12-23-21(17)25(3)4/h5-10,12,14,20,24H,11,13H2,1-4H3/t20-/m0/s1. The van der Waals surface area contributed by atoms with Crippen LogP contribution in [0.25, 0.3) is 10.9 Å². The Bertz CT molecular complexity index is 989. The number of H-pyrrole nitrogens is 1. The van der Waals surface area contributed by atoms with Crippen molar-refractivity contribution in [2.75, 3.05) is 25.5 Å². The molecular formula is C22H26N4O. The summed E-state index contributed by atoms with van der Waals surface area (Å²) in [4.78, 5) is 25.4. The van der Waals surface area contributed by atoms with Crippen molar-refractivity contribution < 1.29 is 4.79 Å². The number of aromatic nitrogens is 2. The maximum atomic E-state index is 13.5. The summed E-state index contributed by atoms with van der Waals surface area (Å²) in [5, 5.41) is 1.28. The highest BCUT2D eigenvalue weighted by atomic mass is 16.2. The van der Waals surface area contributed by atoms with Gasteiger partial charge in [-0.1, -0.05) is 32.0 Å². The summed E-state index contributed by atoms with van der Waals surface area (Å²) in [5.41, 5.74) is 4.35. The summed E-state index contributed by atoms with van der Waals surface area (Å²) in [6.45, 7) is 5.08. The minimum Gasteiger partial charge on any atom is -0.362 e. The molecular weight excluding hydrogens is 336 g/mol. The molecule has 1 aliphatic heterocycles. The van der Waals surface area contributed by atoms with Gasteiger partial charge in [0.05, 0.1) is 11.6 Å². The number of aromatic amines is 1. The first-order valence-electron chi connectivity index (χ1n) is 9.51. The number of nitrogens with one attached hydrogen (secondary N) is 1. The molecule has 0 fully saturated rings. The van der Waals surface area contributed by atoms with Crippen molar-refractivity contribution in [2.45, 2.75) is 26.3 Å². The highest BCUT2D eigenvalue weighted by Crippen LogP contribution is 2.39. The van der Waals surface area contributed by atoms with Gasteiger partial charge in [0.1, 0.15) is 5.82 Å². The van der Waals surface area contributed by atoms with Crippen molar-refractivity contribution >= 4 is 22.6 Å². The molecule has 27 heavy (non-hydrogen) atoms. The molecule has 5 nitrogen and oxygen atoms in total. The van der Waals surface area contributed by atoms with Crippen LogP contribution in [0.1, 0.15) is 41.5 Å². The molecule has 1 aliphatic rings. The number of nitrogens with zero attached hydrogens (tertiary/aromatic N) is 3. The van der Waals surface area contributed by atoms with E-state index >= 15 is 0 Å². The van der Waals surface area contributed by atoms with Crippen LogP contribution in [0.4, 0.5) is 5.82 Å². The van der Waals surface area contributed by atoms with E-state index in [1.807, 2.05) is 36.0 Å². The summed E-state index contributed by atoms with van der Waals surface area (Å²) >= 11 is 0. The zero-order chi connectivity index (χ0) is 19.1. The molecule has 4 rings (SSSR count). The van der Waals surface area contributed by atoms with Crippen LogP contribution in [-0.4, -0.2) is 41.4 Å². The van der Waals surface area contributed by atoms with Crippen LogP contribution < -0.4 is 4.90 Å². The SMILES string of the molecule is CC(C)[C@H]1c2[nH]c3ccccc3c2CCN1C(=O)c1cccnc1N(C)C. The largest absolute Gasteiger partial charge is 0.362 e. The molecule has 3 heterocycles. The Morgan fingerprint density at radius 1 is 1.22 bits per heavy atom. The lowest BCUT2D eigenvalue weighted by Crippen LogP contribution is -2.42. The van der Waals surface area contributed by atoms with Crippen LogP contribution in [0.2, 0.25) is 0 Å². The van der Waals surface area contributed by atoms with Gasteiger partial charge in [-0.3, -0.25) is 4.79 Å². The Hall–Kier alpha value is -2.82. The Kier molecular flexibility index (Phi) is 4.38. The Morgan fingerprint density at radius 3 is 2.74 bits per heavy atom. The molecule has 3 aromatic rings. The topological polar surface area (TPSA) is 52.2 Å². The highest BCUT2D eigenvalue weighted by molar-refractivity contribution is 5.99. The fraction of sp³-hybridized carbons (Fsp3) is 0.364. The third-order valence-electron chi connectivity index (χ3n) is 5.41. The molecule has 5 heteroatoms. The van der Waals surface area contributed by atoms with Gasteiger partial charge in [-0.05, 0) is 36.1 Å². The first-order valence-corrected chi connectivity index (χ1v) is 9.51. The molecule has 1 aromatic carbocycles. The zero-order valence-corrected chi connectivity index (χ0v) is 16.4. The molecule has 1 amide bonds. The number of pyridine rings is 1. The Balaban J connectivity index is 1.79. The number of amides is 1. The lowest BCUT2D eigenvalue weighted by Gasteiger charge is -2.38. The van der Waals surface area contributed by atoms with Gasteiger partial charge in [-0.2, -0.15) is 0 Å². The molecule has 1 N–H and O–H groups in total. The predicted octanol–water partition coefficient (Wildman–Crippen LogP) is 4.02. The fourth-order valence-corrected chi connectivity index (χ4v) is 4.27. The smallest absolute Gasteiger partial charge is 0.258 e. The van der Waals surface area contributed by atoms with Crippen LogP contribution in [0.3, 0.4) is 0 Å². The van der Waals surface area contributed by atoms with Crippen LogP contribution in [0.5, 0.6) is 0 Å². The van der Waals surface area contributed by atoms with Gasteiger partial charge in [0.25, 0.3) is 5.91 Å². The molecule has 2 aromatic heterocycles. The van der Waals surface area contributed by atoms with E-state index < -0.39 is 0 Å². The predicted molar refractivity (Wildman–Crippen MR) is 109 cm³/mol. The minimum absolute atomic E-state index is 0.0314. The molecule has 140 valence electrons. The number of anilines is 1. The van der Waals surface area contributed by atoms with E-state index in [9.17, 15) is 4.79 Å². The second-order valence-corrected chi connectivity index (χ2v) is 7.77. The summed E-state index contributed by atoms with van der Waals surface area (Å²) in [5.74, 6) is 1.07. The van der Waals surface area contributed by atoms with Crippen molar-refractivity contribution in [3.05, 3.63) is 59.4 Å². The first kappa shape index (κ1) is 17.6. The lowest BCUT2D eigenvalue weighted by molar-refractivity contribution is 0.0599. The average molecular weight is 362 g/mol.